The van der Waals surface area contributed by atoms with Crippen LogP contribution in [0.2, 0.25) is 0 Å². The average molecular weight is 262 g/mol. The van der Waals surface area contributed by atoms with Gasteiger partial charge in [-0.05, 0) is 17.9 Å². The zero-order valence-electron chi connectivity index (χ0n) is 10.8. The van der Waals surface area contributed by atoms with E-state index in [0.717, 1.165) is 11.4 Å². The van der Waals surface area contributed by atoms with Gasteiger partial charge in [0.15, 0.2) is 0 Å². The molecule has 0 radical (unpaired) electrons. The van der Waals surface area contributed by atoms with Crippen molar-refractivity contribution in [1.82, 2.24) is 9.21 Å². The Kier molecular flexibility index (Phi) is 3.97. The molecule has 0 saturated carbocycles. The molecule has 1 fully saturated rings. The summed E-state index contributed by atoms with van der Waals surface area (Å²) in [6.45, 7) is 6.70. The van der Waals surface area contributed by atoms with E-state index in [1.54, 1.807) is 16.3 Å². The van der Waals surface area contributed by atoms with Crippen LogP contribution in [0.1, 0.15) is 13.3 Å². The normalized spacial score (nSPS) is 30.8. The molecule has 0 N–H and O–H groups in total. The molecule has 1 unspecified atom stereocenters. The van der Waals surface area contributed by atoms with E-state index >= 15 is 0 Å². The molecule has 18 heavy (non-hydrogen) atoms. The van der Waals surface area contributed by atoms with Crippen molar-refractivity contribution in [2.45, 2.75) is 13.3 Å². The Morgan fingerprint density at radius 1 is 1.50 bits per heavy atom. The lowest BCUT2D eigenvalue weighted by atomic mass is 9.97. The van der Waals surface area contributed by atoms with Gasteiger partial charge in [-0.2, -0.15) is 0 Å². The van der Waals surface area contributed by atoms with Gasteiger partial charge in [-0.25, -0.2) is 4.79 Å². The molecule has 0 aromatic carbocycles. The number of hydrogen-bond acceptors (Lipinski definition) is 2. The summed E-state index contributed by atoms with van der Waals surface area (Å²) >= 11 is 1.39. The van der Waals surface area contributed by atoms with Crippen LogP contribution in [-0.4, -0.2) is 28.8 Å². The monoisotopic (exact) mass is 262 g/mol. The molecular formula is C14H18N2OS. The molecule has 1 aliphatic carbocycles. The van der Waals surface area contributed by atoms with Gasteiger partial charge in [0.25, 0.3) is 0 Å². The van der Waals surface area contributed by atoms with E-state index < -0.39 is 0 Å². The second-order valence-corrected chi connectivity index (χ2v) is 5.68. The lowest BCUT2D eigenvalue weighted by Gasteiger charge is -2.20. The fourth-order valence-electron chi connectivity index (χ4n) is 1.96. The first-order valence-corrected chi connectivity index (χ1v) is 6.81. The predicted molar refractivity (Wildman–Crippen MR) is 76.7 cm³/mol. The van der Waals surface area contributed by atoms with Crippen molar-refractivity contribution in [3.05, 3.63) is 47.6 Å². The quantitative estimate of drug-likeness (QED) is 0.561. The van der Waals surface area contributed by atoms with Gasteiger partial charge in [-0.15, -0.1) is 0 Å². The highest BCUT2D eigenvalue weighted by atomic mass is 32.2. The molecule has 2 aliphatic rings. The maximum absolute atomic E-state index is 12.0. The molecule has 96 valence electrons. The molecule has 0 spiro atoms. The van der Waals surface area contributed by atoms with E-state index in [4.69, 9.17) is 0 Å². The van der Waals surface area contributed by atoms with Crippen LogP contribution in [0.25, 0.3) is 0 Å². The van der Waals surface area contributed by atoms with Crippen molar-refractivity contribution >= 4 is 18.0 Å². The number of carbonyl (C=O) groups excluding carboxylic acids is 1. The smallest absolute Gasteiger partial charge is 0.283 e. The first-order chi connectivity index (χ1) is 8.59. The molecule has 0 aromatic rings. The number of nitrogens with zero attached hydrogens (tertiary/aromatic N) is 2. The number of hydrogen-bond donors (Lipinski definition) is 0. The van der Waals surface area contributed by atoms with Crippen molar-refractivity contribution in [1.29, 1.82) is 0 Å². The first-order valence-electron chi connectivity index (χ1n) is 6.04. The van der Waals surface area contributed by atoms with Crippen LogP contribution in [0.3, 0.4) is 0 Å². The zero-order valence-corrected chi connectivity index (χ0v) is 11.6. The van der Waals surface area contributed by atoms with Crippen molar-refractivity contribution in [3.8, 4) is 0 Å². The Balaban J connectivity index is 2.15. The summed E-state index contributed by atoms with van der Waals surface area (Å²) in [4.78, 5) is 13.7. The summed E-state index contributed by atoms with van der Waals surface area (Å²) in [6, 6.07) is 0.00752. The van der Waals surface area contributed by atoms with E-state index in [0.29, 0.717) is 12.5 Å². The summed E-state index contributed by atoms with van der Waals surface area (Å²) in [7, 11) is 1.77. The van der Waals surface area contributed by atoms with Crippen molar-refractivity contribution in [2.24, 2.45) is 5.92 Å². The second kappa shape index (κ2) is 5.48. The third-order valence-corrected chi connectivity index (χ3v) is 3.97. The summed E-state index contributed by atoms with van der Waals surface area (Å²) in [6.07, 6.45) is 11.6. The summed E-state index contributed by atoms with van der Waals surface area (Å²) in [5, 5.41) is 0.797. The minimum atomic E-state index is 0.00752. The fraction of sp³-hybridized carbons (Fsp3) is 0.357. The van der Waals surface area contributed by atoms with Crippen molar-refractivity contribution in [3.63, 3.8) is 0 Å². The van der Waals surface area contributed by atoms with Crippen LogP contribution in [0.5, 0.6) is 0 Å². The summed E-state index contributed by atoms with van der Waals surface area (Å²) < 4.78 is 1.61. The van der Waals surface area contributed by atoms with Gasteiger partial charge in [-0.1, -0.05) is 43.9 Å². The van der Waals surface area contributed by atoms with Crippen LogP contribution in [0.15, 0.2) is 47.6 Å². The van der Waals surface area contributed by atoms with E-state index in [9.17, 15) is 4.79 Å². The minimum Gasteiger partial charge on any atom is -0.283 e. The largest absolute Gasteiger partial charge is 0.335 e. The van der Waals surface area contributed by atoms with Gasteiger partial charge in [0.2, 0.25) is 0 Å². The lowest BCUT2D eigenvalue weighted by molar-refractivity contribution is 0.209. The molecular weight excluding hydrogens is 244 g/mol. The van der Waals surface area contributed by atoms with Crippen LogP contribution in [-0.2, 0) is 0 Å². The molecule has 1 heterocycles. The number of amides is 2. The third-order valence-electron chi connectivity index (χ3n) is 3.11. The van der Waals surface area contributed by atoms with Crippen LogP contribution in [0, 0.1) is 5.92 Å². The van der Waals surface area contributed by atoms with Gasteiger partial charge >= 0.3 is 6.03 Å². The minimum absolute atomic E-state index is 0.00752. The van der Waals surface area contributed by atoms with Gasteiger partial charge in [-0.3, -0.25) is 9.21 Å². The van der Waals surface area contributed by atoms with Crippen LogP contribution >= 0.6 is 11.9 Å². The Bertz CT molecular complexity index is 451. The van der Waals surface area contributed by atoms with E-state index in [2.05, 4.69) is 43.9 Å². The summed E-state index contributed by atoms with van der Waals surface area (Å²) in [5.74, 6) is 0.353. The van der Waals surface area contributed by atoms with Crippen LogP contribution < -0.4 is 0 Å². The highest BCUT2D eigenvalue weighted by Gasteiger charge is 2.31. The van der Waals surface area contributed by atoms with Crippen molar-refractivity contribution in [2.75, 3.05) is 13.6 Å². The highest BCUT2D eigenvalue weighted by Crippen LogP contribution is 2.33. The van der Waals surface area contributed by atoms with E-state index in [1.807, 2.05) is 0 Å². The Morgan fingerprint density at radius 2 is 2.28 bits per heavy atom. The topological polar surface area (TPSA) is 23.6 Å². The average Bonchev–Trinajstić information content (AvgIpc) is 2.55. The SMILES string of the molecule is C=C1SN(C)C(=O)N1C/C1=C/C=C\C/C=C\C1C. The molecule has 4 heteroatoms. The zero-order chi connectivity index (χ0) is 13.1. The Labute approximate surface area is 113 Å². The maximum Gasteiger partial charge on any atom is 0.335 e. The molecule has 0 bridgehead atoms. The van der Waals surface area contributed by atoms with Gasteiger partial charge in [0, 0.05) is 19.0 Å². The van der Waals surface area contributed by atoms with Gasteiger partial charge in [0.1, 0.15) is 0 Å². The second-order valence-electron chi connectivity index (χ2n) is 4.47. The molecule has 2 amide bonds. The molecule has 0 aromatic heterocycles. The van der Waals surface area contributed by atoms with E-state index in [1.165, 1.54) is 17.5 Å². The number of urea groups is 1. The molecule has 1 saturated heterocycles. The van der Waals surface area contributed by atoms with Gasteiger partial charge in [0.05, 0.1) is 11.6 Å². The Hall–Kier alpha value is -1.42. The standard InChI is InChI=1S/C14H18N2OS/c1-11-8-6-4-5-7-9-13(11)10-16-12(2)18-15(3)14(16)17/h5-9,11H,2,4,10H2,1,3H3/b7-5-,8-6-,13-9-. The first kappa shape index (κ1) is 13.0. The van der Waals surface area contributed by atoms with Crippen molar-refractivity contribution < 1.29 is 4.79 Å². The fourth-order valence-corrected chi connectivity index (χ4v) is 2.70. The molecule has 2 rings (SSSR count). The summed E-state index contributed by atoms with van der Waals surface area (Å²) in [5.41, 5.74) is 1.23. The van der Waals surface area contributed by atoms with Gasteiger partial charge < -0.3 is 0 Å². The number of allylic oxidation sites excluding steroid dienone is 5. The van der Waals surface area contributed by atoms with Crippen LogP contribution in [0.4, 0.5) is 4.79 Å². The molecule has 1 aliphatic heterocycles. The third kappa shape index (κ3) is 2.70. The lowest BCUT2D eigenvalue weighted by Crippen LogP contribution is -2.30. The number of carbonyl (C=O) groups is 1. The highest BCUT2D eigenvalue weighted by molar-refractivity contribution is 8.01. The van der Waals surface area contributed by atoms with E-state index in [-0.39, 0.29) is 6.03 Å². The number of rotatable bonds is 2. The molecule has 1 atom stereocenters. The predicted octanol–water partition coefficient (Wildman–Crippen LogP) is 3.55. The maximum atomic E-state index is 12.0. The molecule has 3 nitrogen and oxygen atoms in total. The Morgan fingerprint density at radius 3 is 2.94 bits per heavy atom.